The summed E-state index contributed by atoms with van der Waals surface area (Å²) in [6.45, 7) is 2.43. The number of hydrogen-bond acceptors (Lipinski definition) is 0. The molecule has 1 aromatic carbocycles. The topological polar surface area (TPSA) is 0 Å². The first-order valence-electron chi connectivity index (χ1n) is 7.97. The lowest BCUT2D eigenvalue weighted by atomic mass is 9.72. The fourth-order valence-corrected chi connectivity index (χ4v) is 4.62. The SMILES string of the molecule is C[C@@H]1C[C@H]2CC[C@@H](C1)C2CCCc1ccc(F)cc1. The van der Waals surface area contributed by atoms with Crippen molar-refractivity contribution >= 4 is 0 Å². The van der Waals surface area contributed by atoms with Gasteiger partial charge in [-0.15, -0.1) is 0 Å². The molecule has 4 atom stereocenters. The highest BCUT2D eigenvalue weighted by Gasteiger charge is 2.40. The molecule has 1 heteroatoms. The van der Waals surface area contributed by atoms with Gasteiger partial charge in [-0.1, -0.05) is 19.1 Å². The molecule has 2 aliphatic rings. The minimum atomic E-state index is -0.122. The molecule has 1 aromatic rings. The van der Waals surface area contributed by atoms with Gasteiger partial charge in [-0.25, -0.2) is 4.39 Å². The molecule has 2 fully saturated rings. The molecular formula is C18H25F. The van der Waals surface area contributed by atoms with Gasteiger partial charge in [-0.3, -0.25) is 0 Å². The van der Waals surface area contributed by atoms with E-state index in [1.807, 2.05) is 12.1 Å². The van der Waals surface area contributed by atoms with Crippen molar-refractivity contribution in [2.75, 3.05) is 0 Å². The Labute approximate surface area is 116 Å². The van der Waals surface area contributed by atoms with Crippen molar-refractivity contribution in [2.24, 2.45) is 23.7 Å². The molecule has 2 saturated carbocycles. The predicted molar refractivity (Wildman–Crippen MR) is 77.4 cm³/mol. The fourth-order valence-electron chi connectivity index (χ4n) is 4.62. The predicted octanol–water partition coefficient (Wildman–Crippen LogP) is 5.22. The summed E-state index contributed by atoms with van der Waals surface area (Å²) in [6.07, 6.45) is 9.69. The average Bonchev–Trinajstić information content (AvgIpc) is 2.64. The summed E-state index contributed by atoms with van der Waals surface area (Å²) >= 11 is 0. The third-order valence-corrected chi connectivity index (χ3v) is 5.45. The van der Waals surface area contributed by atoms with Gasteiger partial charge in [0.15, 0.2) is 0 Å². The molecule has 0 heterocycles. The number of rotatable bonds is 4. The van der Waals surface area contributed by atoms with Gasteiger partial charge in [0.2, 0.25) is 0 Å². The minimum Gasteiger partial charge on any atom is -0.207 e. The monoisotopic (exact) mass is 260 g/mol. The lowest BCUT2D eigenvalue weighted by molar-refractivity contribution is 0.166. The Bertz CT molecular complexity index is 394. The van der Waals surface area contributed by atoms with E-state index in [-0.39, 0.29) is 5.82 Å². The summed E-state index contributed by atoms with van der Waals surface area (Å²) < 4.78 is 12.8. The molecule has 104 valence electrons. The van der Waals surface area contributed by atoms with Crippen molar-refractivity contribution in [3.05, 3.63) is 35.6 Å². The Kier molecular flexibility index (Phi) is 3.91. The smallest absolute Gasteiger partial charge is 0.123 e. The molecule has 0 nitrogen and oxygen atoms in total. The Morgan fingerprint density at radius 2 is 1.68 bits per heavy atom. The lowest BCUT2D eigenvalue weighted by Crippen LogP contribution is -2.24. The Hall–Kier alpha value is -0.850. The lowest BCUT2D eigenvalue weighted by Gasteiger charge is -2.34. The second kappa shape index (κ2) is 5.64. The highest BCUT2D eigenvalue weighted by atomic mass is 19.1. The van der Waals surface area contributed by atoms with E-state index in [9.17, 15) is 4.39 Å². The summed E-state index contributed by atoms with van der Waals surface area (Å²) in [7, 11) is 0. The number of benzene rings is 1. The van der Waals surface area contributed by atoms with Crippen LogP contribution in [0.25, 0.3) is 0 Å². The molecule has 19 heavy (non-hydrogen) atoms. The summed E-state index contributed by atoms with van der Waals surface area (Å²) in [5.41, 5.74) is 1.29. The van der Waals surface area contributed by atoms with Crippen LogP contribution in [0.3, 0.4) is 0 Å². The van der Waals surface area contributed by atoms with Crippen molar-refractivity contribution in [2.45, 2.75) is 51.9 Å². The van der Waals surface area contributed by atoms with Crippen molar-refractivity contribution in [1.29, 1.82) is 0 Å². The van der Waals surface area contributed by atoms with Crippen LogP contribution < -0.4 is 0 Å². The zero-order valence-electron chi connectivity index (χ0n) is 11.9. The Balaban J connectivity index is 1.49. The van der Waals surface area contributed by atoms with E-state index in [0.717, 1.165) is 30.1 Å². The van der Waals surface area contributed by atoms with Gasteiger partial charge in [-0.2, -0.15) is 0 Å². The highest BCUT2D eigenvalue weighted by molar-refractivity contribution is 5.16. The van der Waals surface area contributed by atoms with E-state index in [1.54, 1.807) is 12.1 Å². The highest BCUT2D eigenvalue weighted by Crippen LogP contribution is 2.50. The second-order valence-corrected chi connectivity index (χ2v) is 6.86. The number of hydrogen-bond donors (Lipinski definition) is 0. The number of aryl methyl sites for hydroxylation is 1. The standard InChI is InChI=1S/C18H25F/c1-13-11-15-7-8-16(12-13)18(15)4-2-3-14-5-9-17(19)10-6-14/h5-6,9-10,13,15-16,18H,2-4,7-8,11-12H2,1H3/t13-,15-,16+,18?. The van der Waals surface area contributed by atoms with Crippen LogP contribution in [-0.4, -0.2) is 0 Å². The molecule has 0 radical (unpaired) electrons. The minimum absolute atomic E-state index is 0.122. The second-order valence-electron chi connectivity index (χ2n) is 6.86. The van der Waals surface area contributed by atoms with E-state index in [1.165, 1.54) is 44.1 Å². The van der Waals surface area contributed by atoms with E-state index < -0.39 is 0 Å². The fraction of sp³-hybridized carbons (Fsp3) is 0.667. The summed E-state index contributed by atoms with van der Waals surface area (Å²) in [6, 6.07) is 7.04. The van der Waals surface area contributed by atoms with Gasteiger partial charge in [0, 0.05) is 0 Å². The van der Waals surface area contributed by atoms with Crippen LogP contribution in [0, 0.1) is 29.5 Å². The zero-order chi connectivity index (χ0) is 13.2. The third kappa shape index (κ3) is 3.01. The first-order valence-corrected chi connectivity index (χ1v) is 7.97. The van der Waals surface area contributed by atoms with Crippen molar-refractivity contribution in [3.63, 3.8) is 0 Å². The molecule has 1 unspecified atom stereocenters. The van der Waals surface area contributed by atoms with Gasteiger partial charge in [-0.05, 0) is 86.3 Å². The molecule has 0 spiro atoms. The maximum Gasteiger partial charge on any atom is 0.123 e. The van der Waals surface area contributed by atoms with Crippen LogP contribution in [0.5, 0.6) is 0 Å². The zero-order valence-corrected chi connectivity index (χ0v) is 11.9. The van der Waals surface area contributed by atoms with Crippen molar-refractivity contribution in [3.8, 4) is 0 Å². The summed E-state index contributed by atoms with van der Waals surface area (Å²) in [5.74, 6) is 3.87. The first kappa shape index (κ1) is 13.1. The molecule has 0 amide bonds. The molecular weight excluding hydrogens is 235 g/mol. The summed E-state index contributed by atoms with van der Waals surface area (Å²) in [5, 5.41) is 0. The third-order valence-electron chi connectivity index (χ3n) is 5.45. The van der Waals surface area contributed by atoms with Crippen LogP contribution in [-0.2, 0) is 6.42 Å². The van der Waals surface area contributed by atoms with Crippen molar-refractivity contribution in [1.82, 2.24) is 0 Å². The van der Waals surface area contributed by atoms with Gasteiger partial charge in [0.25, 0.3) is 0 Å². The van der Waals surface area contributed by atoms with Crippen LogP contribution in [0.15, 0.2) is 24.3 Å². The molecule has 0 aromatic heterocycles. The number of halogens is 1. The maximum absolute atomic E-state index is 12.8. The molecule has 2 bridgehead atoms. The van der Waals surface area contributed by atoms with Gasteiger partial charge in [0.05, 0.1) is 0 Å². The van der Waals surface area contributed by atoms with Crippen molar-refractivity contribution < 1.29 is 4.39 Å². The first-order chi connectivity index (χ1) is 9.22. The summed E-state index contributed by atoms with van der Waals surface area (Å²) in [4.78, 5) is 0. The Morgan fingerprint density at radius 1 is 1.05 bits per heavy atom. The molecule has 2 aliphatic carbocycles. The molecule has 0 N–H and O–H groups in total. The van der Waals surface area contributed by atoms with Crippen LogP contribution in [0.2, 0.25) is 0 Å². The molecule has 0 aliphatic heterocycles. The largest absolute Gasteiger partial charge is 0.207 e. The maximum atomic E-state index is 12.8. The van der Waals surface area contributed by atoms with E-state index in [0.29, 0.717) is 0 Å². The van der Waals surface area contributed by atoms with Crippen LogP contribution >= 0.6 is 0 Å². The van der Waals surface area contributed by atoms with Gasteiger partial charge < -0.3 is 0 Å². The van der Waals surface area contributed by atoms with Gasteiger partial charge in [0.1, 0.15) is 5.82 Å². The van der Waals surface area contributed by atoms with E-state index >= 15 is 0 Å². The quantitative estimate of drug-likeness (QED) is 0.696. The van der Waals surface area contributed by atoms with Crippen LogP contribution in [0.1, 0.15) is 51.0 Å². The molecule has 0 saturated heterocycles. The molecule has 3 rings (SSSR count). The van der Waals surface area contributed by atoms with Crippen LogP contribution in [0.4, 0.5) is 4.39 Å². The Morgan fingerprint density at radius 3 is 2.32 bits per heavy atom. The normalized spacial score (nSPS) is 33.6. The van der Waals surface area contributed by atoms with Gasteiger partial charge >= 0.3 is 0 Å². The number of fused-ring (bicyclic) bond motifs is 2. The van der Waals surface area contributed by atoms with E-state index in [2.05, 4.69) is 6.92 Å². The van der Waals surface area contributed by atoms with E-state index in [4.69, 9.17) is 0 Å². The average molecular weight is 260 g/mol.